The molecule has 2 rings (SSSR count). The molecule has 3 heteroatoms. The summed E-state index contributed by atoms with van der Waals surface area (Å²) in [6.45, 7) is 3.70. The number of aryl methyl sites for hydroxylation is 1. The Balaban J connectivity index is 2.08. The molecule has 0 atom stereocenters. The topological polar surface area (TPSA) is 40.5 Å². The van der Waals surface area contributed by atoms with Gasteiger partial charge < -0.3 is 10.0 Å². The zero-order valence-electron chi connectivity index (χ0n) is 11.6. The highest BCUT2D eigenvalue weighted by atomic mass is 16.4. The van der Waals surface area contributed by atoms with Gasteiger partial charge in [0, 0.05) is 18.8 Å². The van der Waals surface area contributed by atoms with Crippen LogP contribution in [0.3, 0.4) is 0 Å². The van der Waals surface area contributed by atoms with Crippen molar-refractivity contribution in [2.45, 2.75) is 39.0 Å². The fourth-order valence-corrected chi connectivity index (χ4v) is 2.96. The van der Waals surface area contributed by atoms with Crippen LogP contribution < -0.4 is 4.90 Å². The molecule has 0 aliphatic heterocycles. The number of carboxylic acid groups (broad SMARTS) is 1. The Kier molecular flexibility index (Phi) is 4.83. The number of hydrogen-bond donors (Lipinski definition) is 1. The predicted octanol–water partition coefficient (Wildman–Crippen LogP) is 3.47. The van der Waals surface area contributed by atoms with Crippen LogP contribution >= 0.6 is 0 Å². The van der Waals surface area contributed by atoms with E-state index in [1.165, 1.54) is 36.9 Å². The van der Waals surface area contributed by atoms with Crippen LogP contribution in [-0.4, -0.2) is 24.2 Å². The fourth-order valence-electron chi connectivity index (χ4n) is 2.96. The third-order valence-electron chi connectivity index (χ3n) is 4.01. The van der Waals surface area contributed by atoms with Gasteiger partial charge in [0.25, 0.3) is 0 Å². The molecular weight excluding hydrogens is 238 g/mol. The van der Waals surface area contributed by atoms with Crippen molar-refractivity contribution in [1.29, 1.82) is 0 Å². The molecule has 0 saturated heterocycles. The Hall–Kier alpha value is -1.51. The first-order chi connectivity index (χ1) is 9.16. The lowest BCUT2D eigenvalue weighted by Gasteiger charge is -2.28. The molecule has 3 nitrogen and oxygen atoms in total. The molecule has 0 radical (unpaired) electrons. The van der Waals surface area contributed by atoms with E-state index < -0.39 is 5.97 Å². The highest BCUT2D eigenvalue weighted by Gasteiger charge is 2.20. The maximum absolute atomic E-state index is 10.8. The molecule has 1 saturated carbocycles. The van der Waals surface area contributed by atoms with Gasteiger partial charge in [0.1, 0.15) is 0 Å². The average Bonchev–Trinajstić information content (AvgIpc) is 2.88. The number of rotatable bonds is 6. The molecule has 0 heterocycles. The van der Waals surface area contributed by atoms with Crippen LogP contribution in [-0.2, 0) is 4.79 Å². The van der Waals surface area contributed by atoms with Crippen molar-refractivity contribution in [3.05, 3.63) is 29.8 Å². The molecule has 0 bridgehead atoms. The van der Waals surface area contributed by atoms with Gasteiger partial charge in [-0.3, -0.25) is 4.79 Å². The van der Waals surface area contributed by atoms with E-state index >= 15 is 0 Å². The molecule has 1 aliphatic rings. The Morgan fingerprint density at radius 2 is 2.00 bits per heavy atom. The number of carboxylic acids is 1. The molecule has 0 spiro atoms. The van der Waals surface area contributed by atoms with Gasteiger partial charge in [0.05, 0.1) is 6.42 Å². The normalized spacial score (nSPS) is 15.6. The molecule has 19 heavy (non-hydrogen) atoms. The smallest absolute Gasteiger partial charge is 0.305 e. The molecule has 1 aliphatic carbocycles. The lowest BCUT2D eigenvalue weighted by molar-refractivity contribution is -0.136. The summed E-state index contributed by atoms with van der Waals surface area (Å²) in [4.78, 5) is 13.1. The fraction of sp³-hybridized carbons (Fsp3) is 0.562. The number of aliphatic carboxylic acids is 1. The van der Waals surface area contributed by atoms with Gasteiger partial charge in [-0.25, -0.2) is 0 Å². The van der Waals surface area contributed by atoms with Crippen molar-refractivity contribution >= 4 is 11.7 Å². The van der Waals surface area contributed by atoms with Gasteiger partial charge in [-0.1, -0.05) is 31.0 Å². The predicted molar refractivity (Wildman–Crippen MR) is 77.6 cm³/mol. The van der Waals surface area contributed by atoms with Gasteiger partial charge in [0.15, 0.2) is 0 Å². The van der Waals surface area contributed by atoms with E-state index in [4.69, 9.17) is 5.11 Å². The molecular formula is C16H23NO2. The SMILES string of the molecule is Cc1ccccc1N(CCC(=O)O)CC1CCCC1. The van der Waals surface area contributed by atoms with Crippen LogP contribution in [0.15, 0.2) is 24.3 Å². The summed E-state index contributed by atoms with van der Waals surface area (Å²) < 4.78 is 0. The van der Waals surface area contributed by atoms with E-state index in [1.54, 1.807) is 0 Å². The number of benzene rings is 1. The number of hydrogen-bond acceptors (Lipinski definition) is 2. The van der Waals surface area contributed by atoms with E-state index in [9.17, 15) is 4.79 Å². The summed E-state index contributed by atoms with van der Waals surface area (Å²) in [5.41, 5.74) is 2.42. The highest BCUT2D eigenvalue weighted by molar-refractivity contribution is 5.68. The third-order valence-corrected chi connectivity index (χ3v) is 4.01. The minimum absolute atomic E-state index is 0.209. The molecule has 0 aromatic heterocycles. The standard InChI is InChI=1S/C16H23NO2/c1-13-6-2-5-9-15(13)17(11-10-16(18)19)12-14-7-3-4-8-14/h2,5-6,9,14H,3-4,7-8,10-12H2,1H3,(H,18,19). The average molecular weight is 261 g/mol. The van der Waals surface area contributed by atoms with Crippen molar-refractivity contribution in [1.82, 2.24) is 0 Å². The van der Waals surface area contributed by atoms with Crippen LogP contribution in [0.2, 0.25) is 0 Å². The first kappa shape index (κ1) is 13.9. The van der Waals surface area contributed by atoms with E-state index in [1.807, 2.05) is 12.1 Å². The van der Waals surface area contributed by atoms with Crippen molar-refractivity contribution in [2.24, 2.45) is 5.92 Å². The summed E-state index contributed by atoms with van der Waals surface area (Å²) in [5, 5.41) is 8.91. The molecule has 0 amide bonds. The van der Waals surface area contributed by atoms with Gasteiger partial charge in [-0.2, -0.15) is 0 Å². The van der Waals surface area contributed by atoms with Gasteiger partial charge in [-0.05, 0) is 37.3 Å². The van der Waals surface area contributed by atoms with E-state index in [2.05, 4.69) is 24.0 Å². The molecule has 1 aromatic rings. The van der Waals surface area contributed by atoms with Crippen molar-refractivity contribution < 1.29 is 9.90 Å². The van der Waals surface area contributed by atoms with Crippen LogP contribution in [0.1, 0.15) is 37.7 Å². The minimum atomic E-state index is -0.718. The van der Waals surface area contributed by atoms with Crippen LogP contribution in [0.25, 0.3) is 0 Å². The largest absolute Gasteiger partial charge is 0.481 e. The second-order valence-electron chi connectivity index (χ2n) is 5.53. The first-order valence-electron chi connectivity index (χ1n) is 7.19. The Bertz CT molecular complexity index is 425. The maximum atomic E-state index is 10.8. The van der Waals surface area contributed by atoms with E-state index in [0.29, 0.717) is 6.54 Å². The lowest BCUT2D eigenvalue weighted by Crippen LogP contribution is -2.31. The third kappa shape index (κ3) is 3.98. The number of carbonyl (C=O) groups is 1. The Morgan fingerprint density at radius 1 is 1.32 bits per heavy atom. The number of para-hydroxylation sites is 1. The highest BCUT2D eigenvalue weighted by Crippen LogP contribution is 2.28. The quantitative estimate of drug-likeness (QED) is 0.852. The van der Waals surface area contributed by atoms with Gasteiger partial charge in [0.2, 0.25) is 0 Å². The van der Waals surface area contributed by atoms with Gasteiger partial charge >= 0.3 is 5.97 Å². The van der Waals surface area contributed by atoms with E-state index in [-0.39, 0.29) is 6.42 Å². The second-order valence-corrected chi connectivity index (χ2v) is 5.53. The molecule has 1 aromatic carbocycles. The Morgan fingerprint density at radius 3 is 2.63 bits per heavy atom. The number of nitrogens with zero attached hydrogens (tertiary/aromatic N) is 1. The minimum Gasteiger partial charge on any atom is -0.481 e. The number of anilines is 1. The second kappa shape index (κ2) is 6.60. The van der Waals surface area contributed by atoms with E-state index in [0.717, 1.165) is 12.5 Å². The summed E-state index contributed by atoms with van der Waals surface area (Å²) in [5.74, 6) is 0.0124. The van der Waals surface area contributed by atoms with Crippen molar-refractivity contribution in [3.63, 3.8) is 0 Å². The maximum Gasteiger partial charge on any atom is 0.305 e. The molecule has 1 fully saturated rings. The van der Waals surface area contributed by atoms with Crippen LogP contribution in [0, 0.1) is 12.8 Å². The summed E-state index contributed by atoms with van der Waals surface area (Å²) >= 11 is 0. The summed E-state index contributed by atoms with van der Waals surface area (Å²) in [6, 6.07) is 8.26. The summed E-state index contributed by atoms with van der Waals surface area (Å²) in [7, 11) is 0. The zero-order chi connectivity index (χ0) is 13.7. The van der Waals surface area contributed by atoms with Crippen LogP contribution in [0.4, 0.5) is 5.69 Å². The monoisotopic (exact) mass is 261 g/mol. The molecule has 104 valence electrons. The first-order valence-corrected chi connectivity index (χ1v) is 7.19. The van der Waals surface area contributed by atoms with Gasteiger partial charge in [-0.15, -0.1) is 0 Å². The summed E-state index contributed by atoms with van der Waals surface area (Å²) in [6.07, 6.45) is 5.43. The van der Waals surface area contributed by atoms with Crippen molar-refractivity contribution in [2.75, 3.05) is 18.0 Å². The van der Waals surface area contributed by atoms with Crippen LogP contribution in [0.5, 0.6) is 0 Å². The van der Waals surface area contributed by atoms with Crippen molar-refractivity contribution in [3.8, 4) is 0 Å². The lowest BCUT2D eigenvalue weighted by atomic mass is 10.1. The zero-order valence-corrected chi connectivity index (χ0v) is 11.6. The Labute approximate surface area is 115 Å². The molecule has 0 unspecified atom stereocenters. The molecule has 1 N–H and O–H groups in total.